The van der Waals surface area contributed by atoms with Gasteiger partial charge in [-0.15, -0.1) is 11.3 Å². The lowest BCUT2D eigenvalue weighted by molar-refractivity contribution is -0.0325. The van der Waals surface area contributed by atoms with Crippen LogP contribution in [-0.2, 0) is 0 Å². The van der Waals surface area contributed by atoms with Crippen molar-refractivity contribution in [3.05, 3.63) is 76.4 Å². The first-order valence-electron chi connectivity index (χ1n) is 7.59. The van der Waals surface area contributed by atoms with Gasteiger partial charge in [0, 0.05) is 12.0 Å². The molecule has 0 fully saturated rings. The van der Waals surface area contributed by atoms with Crippen LogP contribution >= 0.6 is 11.3 Å². The molecule has 3 aromatic rings. The van der Waals surface area contributed by atoms with Gasteiger partial charge >= 0.3 is 0 Å². The summed E-state index contributed by atoms with van der Waals surface area (Å²) in [6, 6.07) is 16.4. The molecule has 1 aromatic carbocycles. The zero-order valence-corrected chi connectivity index (χ0v) is 13.1. The molecule has 2 atom stereocenters. The van der Waals surface area contributed by atoms with Crippen LogP contribution in [-0.4, -0.2) is 10.7 Å². The summed E-state index contributed by atoms with van der Waals surface area (Å²) in [5.74, 6) is 1.69. The monoisotopic (exact) mass is 322 g/mol. The Balaban J connectivity index is 1.62. The Labute approximate surface area is 137 Å². The minimum atomic E-state index is -0.317. The molecule has 0 saturated carbocycles. The lowest BCUT2D eigenvalue weighted by Crippen LogP contribution is -2.33. The van der Waals surface area contributed by atoms with E-state index in [0.29, 0.717) is 0 Å². The number of para-hydroxylation sites is 1. The van der Waals surface area contributed by atoms with Crippen LogP contribution in [0.2, 0.25) is 0 Å². The van der Waals surface area contributed by atoms with E-state index in [9.17, 15) is 0 Å². The summed E-state index contributed by atoms with van der Waals surface area (Å²) in [4.78, 5) is 1.22. The summed E-state index contributed by atoms with van der Waals surface area (Å²) in [5.41, 5.74) is 2.30. The van der Waals surface area contributed by atoms with Gasteiger partial charge in [-0.3, -0.25) is 0 Å². The van der Waals surface area contributed by atoms with E-state index in [2.05, 4.69) is 29.6 Å². The number of rotatable bonds is 2. The maximum absolute atomic E-state index is 6.18. The van der Waals surface area contributed by atoms with Crippen molar-refractivity contribution in [2.45, 2.75) is 18.7 Å². The van der Waals surface area contributed by atoms with Crippen molar-refractivity contribution in [2.75, 3.05) is 0 Å². The molecular weight excluding hydrogens is 308 g/mol. The molecule has 0 saturated heterocycles. The van der Waals surface area contributed by atoms with Crippen LogP contribution in [0.5, 0.6) is 5.75 Å². The third kappa shape index (κ3) is 2.00. The Morgan fingerprint density at radius 2 is 2.04 bits per heavy atom. The molecule has 5 heteroatoms. The van der Waals surface area contributed by atoms with Crippen molar-refractivity contribution < 1.29 is 9.15 Å². The minimum absolute atomic E-state index is 0.187. The predicted octanol–water partition coefficient (Wildman–Crippen LogP) is 4.58. The zero-order valence-electron chi connectivity index (χ0n) is 12.3. The smallest absolute Gasteiger partial charge is 0.246 e. The van der Waals surface area contributed by atoms with Crippen molar-refractivity contribution in [2.24, 2.45) is 5.10 Å². The van der Waals surface area contributed by atoms with E-state index in [1.165, 1.54) is 10.4 Å². The standard InChI is InChI=1S/C18H14N2O2S/c1-2-6-15-12(5-1)14-11-13(17-8-4-10-23-17)19-20(14)18(22-15)16-7-3-9-21-16/h1-10,14,18H,11H2/t14-,18+/m1/s1. The first-order chi connectivity index (χ1) is 11.4. The molecule has 2 aromatic heterocycles. The Morgan fingerprint density at radius 3 is 2.87 bits per heavy atom. The largest absolute Gasteiger partial charge is 0.463 e. The molecule has 114 valence electrons. The maximum atomic E-state index is 6.18. The van der Waals surface area contributed by atoms with Gasteiger partial charge in [-0.1, -0.05) is 24.3 Å². The van der Waals surface area contributed by atoms with Crippen LogP contribution in [0.4, 0.5) is 0 Å². The molecule has 4 heterocycles. The van der Waals surface area contributed by atoms with Gasteiger partial charge in [-0.25, -0.2) is 5.01 Å². The highest BCUT2D eigenvalue weighted by atomic mass is 32.1. The molecule has 0 unspecified atom stereocenters. The molecule has 5 rings (SSSR count). The second-order valence-electron chi connectivity index (χ2n) is 5.65. The highest BCUT2D eigenvalue weighted by Crippen LogP contribution is 2.47. The van der Waals surface area contributed by atoms with Crippen molar-refractivity contribution >= 4 is 17.0 Å². The molecule has 0 N–H and O–H groups in total. The second kappa shape index (κ2) is 4.99. The fourth-order valence-electron chi connectivity index (χ4n) is 3.25. The average molecular weight is 322 g/mol. The van der Waals surface area contributed by atoms with E-state index in [4.69, 9.17) is 14.3 Å². The summed E-state index contributed by atoms with van der Waals surface area (Å²) in [6.07, 6.45) is 2.24. The second-order valence-corrected chi connectivity index (χ2v) is 6.60. The fraction of sp³-hybridized carbons (Fsp3) is 0.167. The van der Waals surface area contributed by atoms with E-state index >= 15 is 0 Å². The van der Waals surface area contributed by atoms with Crippen molar-refractivity contribution in [3.63, 3.8) is 0 Å². The molecule has 23 heavy (non-hydrogen) atoms. The number of hydrogen-bond donors (Lipinski definition) is 0. The van der Waals surface area contributed by atoms with E-state index < -0.39 is 0 Å². The average Bonchev–Trinajstić information content (AvgIpc) is 3.34. The van der Waals surface area contributed by atoms with Crippen LogP contribution in [0.3, 0.4) is 0 Å². The molecule has 4 nitrogen and oxygen atoms in total. The molecule has 2 aliphatic rings. The number of ether oxygens (including phenoxy) is 1. The summed E-state index contributed by atoms with van der Waals surface area (Å²) in [6.45, 7) is 0. The molecule has 0 radical (unpaired) electrons. The Bertz CT molecular complexity index is 855. The van der Waals surface area contributed by atoms with Crippen LogP contribution < -0.4 is 4.74 Å². The van der Waals surface area contributed by atoms with Gasteiger partial charge in [0.15, 0.2) is 5.76 Å². The van der Waals surface area contributed by atoms with Gasteiger partial charge in [0.05, 0.1) is 22.9 Å². The van der Waals surface area contributed by atoms with Gasteiger partial charge in [0.25, 0.3) is 0 Å². The van der Waals surface area contributed by atoms with Crippen molar-refractivity contribution in [1.82, 2.24) is 5.01 Å². The number of thiophene rings is 1. The SMILES string of the molecule is c1coc([C@@H]2Oc3ccccc3[C@H]3CC(c4cccs4)=NN32)c1. The first kappa shape index (κ1) is 13.0. The van der Waals surface area contributed by atoms with Gasteiger partial charge in [-0.2, -0.15) is 5.10 Å². The number of furan rings is 1. The molecular formula is C18H14N2O2S. The third-order valence-electron chi connectivity index (χ3n) is 4.29. The van der Waals surface area contributed by atoms with Crippen LogP contribution in [0.15, 0.2) is 69.7 Å². The molecule has 0 spiro atoms. The van der Waals surface area contributed by atoms with Gasteiger partial charge in [0.2, 0.25) is 6.23 Å². The lowest BCUT2D eigenvalue weighted by Gasteiger charge is -2.36. The van der Waals surface area contributed by atoms with E-state index in [0.717, 1.165) is 23.6 Å². The summed E-state index contributed by atoms with van der Waals surface area (Å²) in [7, 11) is 0. The van der Waals surface area contributed by atoms with Crippen LogP contribution in [0, 0.1) is 0 Å². The zero-order chi connectivity index (χ0) is 15.2. The normalized spacial score (nSPS) is 22.3. The van der Waals surface area contributed by atoms with Crippen molar-refractivity contribution in [1.29, 1.82) is 0 Å². The van der Waals surface area contributed by atoms with Gasteiger partial charge < -0.3 is 9.15 Å². The van der Waals surface area contributed by atoms with Crippen LogP contribution in [0.1, 0.15) is 34.9 Å². The Kier molecular flexibility index (Phi) is 2.81. The Hall–Kier alpha value is -2.53. The number of hydrazone groups is 1. The maximum Gasteiger partial charge on any atom is 0.246 e. The van der Waals surface area contributed by atoms with Gasteiger partial charge in [0.1, 0.15) is 5.75 Å². The highest BCUT2D eigenvalue weighted by molar-refractivity contribution is 7.12. The lowest BCUT2D eigenvalue weighted by atomic mass is 9.98. The molecule has 0 aliphatic carbocycles. The van der Waals surface area contributed by atoms with Crippen LogP contribution in [0.25, 0.3) is 0 Å². The Morgan fingerprint density at radius 1 is 1.09 bits per heavy atom. The number of benzene rings is 1. The van der Waals surface area contributed by atoms with E-state index in [-0.39, 0.29) is 12.3 Å². The number of nitrogens with zero attached hydrogens (tertiary/aromatic N) is 2. The van der Waals surface area contributed by atoms with Crippen molar-refractivity contribution in [3.8, 4) is 5.75 Å². The first-order valence-corrected chi connectivity index (χ1v) is 8.47. The van der Waals surface area contributed by atoms with E-state index in [1.54, 1.807) is 17.6 Å². The van der Waals surface area contributed by atoms with E-state index in [1.807, 2.05) is 29.3 Å². The molecule has 2 aliphatic heterocycles. The topological polar surface area (TPSA) is 38.0 Å². The molecule has 0 bridgehead atoms. The predicted molar refractivity (Wildman–Crippen MR) is 88.6 cm³/mol. The third-order valence-corrected chi connectivity index (χ3v) is 5.21. The highest BCUT2D eigenvalue weighted by Gasteiger charge is 2.42. The number of fused-ring (bicyclic) bond motifs is 3. The number of hydrogen-bond acceptors (Lipinski definition) is 5. The quantitative estimate of drug-likeness (QED) is 0.693. The molecule has 0 amide bonds. The minimum Gasteiger partial charge on any atom is -0.463 e. The summed E-state index contributed by atoms with van der Waals surface area (Å²) >= 11 is 1.72. The summed E-state index contributed by atoms with van der Waals surface area (Å²) in [5, 5.41) is 8.99. The van der Waals surface area contributed by atoms with Gasteiger partial charge in [-0.05, 0) is 29.6 Å². The fourth-order valence-corrected chi connectivity index (χ4v) is 3.97. The summed E-state index contributed by atoms with van der Waals surface area (Å²) < 4.78 is 11.8.